The van der Waals surface area contributed by atoms with Gasteiger partial charge in [0.1, 0.15) is 5.82 Å². The standard InChI is InChI=1S/C12H17F3N2O2/c1-3-18-11(19-4-2)8-17-10-7-9(5-6-16-10)12(13,14)15/h5-7,11H,3-4,8H2,1-2H3,(H,16,17). The van der Waals surface area contributed by atoms with Crippen LogP contribution in [0.2, 0.25) is 0 Å². The average Bonchev–Trinajstić information content (AvgIpc) is 2.36. The van der Waals surface area contributed by atoms with Crippen LogP contribution < -0.4 is 5.32 Å². The van der Waals surface area contributed by atoms with Gasteiger partial charge < -0.3 is 14.8 Å². The maximum Gasteiger partial charge on any atom is 0.416 e. The zero-order valence-electron chi connectivity index (χ0n) is 10.8. The summed E-state index contributed by atoms with van der Waals surface area (Å²) in [4.78, 5) is 3.82. The number of nitrogens with one attached hydrogen (secondary N) is 1. The van der Waals surface area contributed by atoms with Gasteiger partial charge in [0.25, 0.3) is 0 Å². The lowest BCUT2D eigenvalue weighted by atomic mass is 10.2. The Labute approximate surface area is 109 Å². The molecule has 1 aromatic rings. The predicted molar refractivity (Wildman–Crippen MR) is 64.8 cm³/mol. The van der Waals surface area contributed by atoms with Crippen molar-refractivity contribution in [2.45, 2.75) is 26.3 Å². The van der Waals surface area contributed by atoms with E-state index in [-0.39, 0.29) is 12.4 Å². The van der Waals surface area contributed by atoms with E-state index in [9.17, 15) is 13.2 Å². The Morgan fingerprint density at radius 1 is 1.26 bits per heavy atom. The number of hydrogen-bond acceptors (Lipinski definition) is 4. The molecule has 0 saturated heterocycles. The van der Waals surface area contributed by atoms with E-state index in [4.69, 9.17) is 9.47 Å². The Balaban J connectivity index is 2.61. The lowest BCUT2D eigenvalue weighted by Gasteiger charge is -2.18. The SMILES string of the molecule is CCOC(CNc1cc(C(F)(F)F)ccn1)OCC. The van der Waals surface area contributed by atoms with Gasteiger partial charge in [0.05, 0.1) is 12.1 Å². The highest BCUT2D eigenvalue weighted by atomic mass is 19.4. The number of ether oxygens (including phenoxy) is 2. The molecule has 0 spiro atoms. The van der Waals surface area contributed by atoms with Crippen LogP contribution in [0.5, 0.6) is 0 Å². The van der Waals surface area contributed by atoms with Crippen LogP contribution in [0.1, 0.15) is 19.4 Å². The third-order valence-electron chi connectivity index (χ3n) is 2.24. The van der Waals surface area contributed by atoms with Crippen LogP contribution >= 0.6 is 0 Å². The zero-order valence-corrected chi connectivity index (χ0v) is 10.8. The molecule has 1 rings (SSSR count). The molecule has 0 saturated carbocycles. The first kappa shape index (κ1) is 15.7. The number of rotatable bonds is 7. The largest absolute Gasteiger partial charge is 0.416 e. The highest BCUT2D eigenvalue weighted by molar-refractivity contribution is 5.38. The summed E-state index contributed by atoms with van der Waals surface area (Å²) in [5.41, 5.74) is -0.741. The normalized spacial score (nSPS) is 11.9. The van der Waals surface area contributed by atoms with Crippen molar-refractivity contribution in [1.82, 2.24) is 4.98 Å². The molecule has 0 unspecified atom stereocenters. The van der Waals surface area contributed by atoms with Gasteiger partial charge in [-0.05, 0) is 26.0 Å². The van der Waals surface area contributed by atoms with Gasteiger partial charge in [0.15, 0.2) is 6.29 Å². The van der Waals surface area contributed by atoms with Crippen LogP contribution in [-0.4, -0.2) is 31.0 Å². The Hall–Kier alpha value is -1.34. The highest BCUT2D eigenvalue weighted by Crippen LogP contribution is 2.29. The molecule has 4 nitrogen and oxygen atoms in total. The van der Waals surface area contributed by atoms with Gasteiger partial charge >= 0.3 is 6.18 Å². The smallest absolute Gasteiger partial charge is 0.365 e. The van der Waals surface area contributed by atoms with Crippen molar-refractivity contribution in [2.24, 2.45) is 0 Å². The minimum Gasteiger partial charge on any atom is -0.365 e. The van der Waals surface area contributed by atoms with Crippen LogP contribution in [0.25, 0.3) is 0 Å². The van der Waals surface area contributed by atoms with Crippen LogP contribution in [0.15, 0.2) is 18.3 Å². The molecule has 19 heavy (non-hydrogen) atoms. The summed E-state index contributed by atoms with van der Waals surface area (Å²) in [5.74, 6) is 0.138. The molecule has 1 aromatic heterocycles. The van der Waals surface area contributed by atoms with E-state index in [1.54, 1.807) is 0 Å². The monoisotopic (exact) mass is 278 g/mol. The molecule has 0 aliphatic heterocycles. The summed E-state index contributed by atoms with van der Waals surface area (Å²) in [6.07, 6.45) is -3.77. The highest BCUT2D eigenvalue weighted by Gasteiger charge is 2.30. The second-order valence-electron chi connectivity index (χ2n) is 3.65. The van der Waals surface area contributed by atoms with Gasteiger partial charge in [-0.25, -0.2) is 4.98 Å². The lowest BCUT2D eigenvalue weighted by Crippen LogP contribution is -2.26. The number of anilines is 1. The molecule has 0 radical (unpaired) electrons. The zero-order chi connectivity index (χ0) is 14.3. The molecule has 108 valence electrons. The summed E-state index contributed by atoms with van der Waals surface area (Å²) in [6.45, 7) is 4.78. The molecule has 7 heteroatoms. The minimum absolute atomic E-state index is 0.138. The fraction of sp³-hybridized carbons (Fsp3) is 0.583. The van der Waals surface area contributed by atoms with Gasteiger partial charge in [-0.1, -0.05) is 0 Å². The first-order valence-corrected chi connectivity index (χ1v) is 5.97. The van der Waals surface area contributed by atoms with Crippen LogP contribution in [0, 0.1) is 0 Å². The number of hydrogen-bond donors (Lipinski definition) is 1. The molecule has 0 aliphatic rings. The van der Waals surface area contributed by atoms with E-state index in [2.05, 4.69) is 10.3 Å². The van der Waals surface area contributed by atoms with E-state index >= 15 is 0 Å². The van der Waals surface area contributed by atoms with Crippen molar-refractivity contribution in [3.8, 4) is 0 Å². The molecule has 0 aliphatic carbocycles. The van der Waals surface area contributed by atoms with Gasteiger partial charge in [-0.3, -0.25) is 0 Å². The van der Waals surface area contributed by atoms with E-state index in [1.165, 1.54) is 0 Å². The molecule has 0 amide bonds. The Bertz CT molecular complexity index is 379. The summed E-state index contributed by atoms with van der Waals surface area (Å²) < 4.78 is 48.0. The van der Waals surface area contributed by atoms with Gasteiger partial charge in [0, 0.05) is 19.4 Å². The van der Waals surface area contributed by atoms with Crippen molar-refractivity contribution in [2.75, 3.05) is 25.1 Å². The Morgan fingerprint density at radius 2 is 1.89 bits per heavy atom. The fourth-order valence-corrected chi connectivity index (χ4v) is 1.43. The maximum atomic E-state index is 12.5. The molecule has 0 bridgehead atoms. The van der Waals surface area contributed by atoms with E-state index in [0.29, 0.717) is 13.2 Å². The minimum atomic E-state index is -4.38. The quantitative estimate of drug-likeness (QED) is 0.779. The van der Waals surface area contributed by atoms with Crippen LogP contribution in [-0.2, 0) is 15.7 Å². The van der Waals surface area contributed by atoms with Crippen molar-refractivity contribution in [1.29, 1.82) is 0 Å². The fourth-order valence-electron chi connectivity index (χ4n) is 1.43. The van der Waals surface area contributed by atoms with Crippen molar-refractivity contribution < 1.29 is 22.6 Å². The molecule has 1 N–H and O–H groups in total. The third kappa shape index (κ3) is 5.44. The third-order valence-corrected chi connectivity index (χ3v) is 2.24. The number of alkyl halides is 3. The molecule has 0 aromatic carbocycles. The van der Waals surface area contributed by atoms with E-state index < -0.39 is 18.0 Å². The van der Waals surface area contributed by atoms with Gasteiger partial charge in [-0.2, -0.15) is 13.2 Å². The maximum absolute atomic E-state index is 12.5. The first-order valence-electron chi connectivity index (χ1n) is 5.97. The molecule has 0 atom stereocenters. The Morgan fingerprint density at radius 3 is 2.42 bits per heavy atom. The topological polar surface area (TPSA) is 43.4 Å². The number of pyridine rings is 1. The second-order valence-corrected chi connectivity index (χ2v) is 3.65. The summed E-state index contributed by atoms with van der Waals surface area (Å²) >= 11 is 0. The van der Waals surface area contributed by atoms with Crippen molar-refractivity contribution in [3.05, 3.63) is 23.9 Å². The molecular weight excluding hydrogens is 261 g/mol. The number of nitrogens with zero attached hydrogens (tertiary/aromatic N) is 1. The van der Waals surface area contributed by atoms with Crippen molar-refractivity contribution >= 4 is 5.82 Å². The van der Waals surface area contributed by atoms with E-state index in [1.807, 2.05) is 13.8 Å². The molecular formula is C12H17F3N2O2. The average molecular weight is 278 g/mol. The summed E-state index contributed by atoms with van der Waals surface area (Å²) in [7, 11) is 0. The Kier molecular flexibility index (Phi) is 6.04. The van der Waals surface area contributed by atoms with E-state index in [0.717, 1.165) is 18.3 Å². The first-order chi connectivity index (χ1) is 8.97. The summed E-state index contributed by atoms with van der Waals surface area (Å²) in [5, 5.41) is 2.77. The van der Waals surface area contributed by atoms with Crippen LogP contribution in [0.4, 0.5) is 19.0 Å². The number of halogens is 3. The van der Waals surface area contributed by atoms with Crippen LogP contribution in [0.3, 0.4) is 0 Å². The molecule has 1 heterocycles. The van der Waals surface area contributed by atoms with Crippen molar-refractivity contribution in [3.63, 3.8) is 0 Å². The number of aromatic nitrogens is 1. The molecule has 0 fully saturated rings. The van der Waals surface area contributed by atoms with Gasteiger partial charge in [-0.15, -0.1) is 0 Å². The predicted octanol–water partition coefficient (Wildman–Crippen LogP) is 2.91. The lowest BCUT2D eigenvalue weighted by molar-refractivity contribution is -0.137. The second kappa shape index (κ2) is 7.30. The van der Waals surface area contributed by atoms with Gasteiger partial charge in [0.2, 0.25) is 0 Å². The summed E-state index contributed by atoms with van der Waals surface area (Å²) in [6, 6.07) is 1.88.